The Labute approximate surface area is 120 Å². The zero-order valence-corrected chi connectivity index (χ0v) is 12.5. The summed E-state index contributed by atoms with van der Waals surface area (Å²) < 4.78 is 0. The molecule has 0 unspecified atom stereocenters. The predicted octanol–water partition coefficient (Wildman–Crippen LogP) is -4.15. The predicted molar refractivity (Wildman–Crippen MR) is 15.6 cm³/mol. The third-order valence-electron chi connectivity index (χ3n) is 0. The van der Waals surface area contributed by atoms with Gasteiger partial charge in [-0.25, -0.2) is 0 Å². The topological polar surface area (TPSA) is 63.9 Å². The van der Waals surface area contributed by atoms with E-state index in [1.165, 1.54) is 0 Å². The average molecular weight is 245 g/mol. The van der Waals surface area contributed by atoms with Gasteiger partial charge in [-0.05, 0) is 6.92 Å². The Morgan fingerprint density at radius 1 is 1.56 bits per heavy atom. The van der Waals surface area contributed by atoms with Gasteiger partial charge >= 0.3 is 51.4 Å². The van der Waals surface area contributed by atoms with E-state index in [-0.39, 0.29) is 87.9 Å². The van der Waals surface area contributed by atoms with Crippen molar-refractivity contribution < 1.29 is 97.8 Å². The molecule has 0 aliphatic rings. The van der Waals surface area contributed by atoms with Crippen LogP contribution in [-0.4, -0.2) is 5.97 Å². The Bertz CT molecular complexity index is 66.1. The van der Waals surface area contributed by atoms with Crippen molar-refractivity contribution in [3.63, 3.8) is 0 Å². The van der Waals surface area contributed by atoms with Crippen LogP contribution < -0.4 is 56.5 Å². The molecule has 9 heavy (non-hydrogen) atoms. The minimum atomic E-state index is -1.08. The number of nitrogens with zero attached hydrogens (tertiary/aromatic N) is 1. The molecule has 0 aromatic carbocycles. The molecule has 0 radical (unpaired) electrons. The van der Waals surface area contributed by atoms with E-state index >= 15 is 0 Å². The third-order valence-corrected chi connectivity index (χ3v) is 0. The number of carbonyl (C=O) groups is 1. The van der Waals surface area contributed by atoms with Gasteiger partial charge in [-0.1, -0.05) is 0 Å². The second-order valence-electron chi connectivity index (χ2n) is 0.492. The molecule has 3 nitrogen and oxygen atoms in total. The molecule has 0 N–H and O–H groups in total. The maximum atomic E-state index is 8.89. The van der Waals surface area contributed by atoms with Gasteiger partial charge in [-0.2, -0.15) is 0 Å². The van der Waals surface area contributed by atoms with E-state index < -0.39 is 5.97 Å². The molecule has 0 aliphatic carbocycles. The van der Waals surface area contributed by atoms with Crippen molar-refractivity contribution in [3.05, 3.63) is 6.57 Å². The van der Waals surface area contributed by atoms with Crippen molar-refractivity contribution in [2.45, 2.75) is 6.92 Å². The molecule has 0 bridgehead atoms. The van der Waals surface area contributed by atoms with Gasteiger partial charge < -0.3 is 21.7 Å². The first kappa shape index (κ1) is 30.9. The summed E-state index contributed by atoms with van der Waals surface area (Å²) in [6.45, 7) is 5.72. The zero-order valence-electron chi connectivity index (χ0n) is 5.32. The molecule has 44 valence electrons. The molecule has 0 atom stereocenters. The number of rotatable bonds is 0. The third kappa shape index (κ3) is 193. The molecular weight excluding hydrogens is 242 g/mol. The first-order chi connectivity index (χ1) is 2.73. The quantitative estimate of drug-likeness (QED) is 0.321. The molecule has 6 heteroatoms. The van der Waals surface area contributed by atoms with Crippen molar-refractivity contribution in [2.75, 3.05) is 0 Å². The summed E-state index contributed by atoms with van der Waals surface area (Å²) in [4.78, 5) is 8.89. The van der Waals surface area contributed by atoms with Gasteiger partial charge in [0.05, 0.1) is 0 Å². The Kier molecular flexibility index (Phi) is 114. The van der Waals surface area contributed by atoms with Crippen LogP contribution in [0.3, 0.4) is 0 Å². The van der Waals surface area contributed by atoms with Crippen LogP contribution in [0.4, 0.5) is 0 Å². The van der Waals surface area contributed by atoms with E-state index in [1.54, 1.807) is 0 Å². The van der Waals surface area contributed by atoms with E-state index in [9.17, 15) is 0 Å². The number of carboxylic acid groups (broad SMARTS) is 1. The van der Waals surface area contributed by atoms with Crippen LogP contribution in [0.2, 0.25) is 0 Å². The van der Waals surface area contributed by atoms with E-state index in [0.717, 1.165) is 6.92 Å². The monoisotopic (exact) mass is 244 g/mol. The van der Waals surface area contributed by atoms with Gasteiger partial charge in [0.2, 0.25) is 0 Å². The number of hydrogen-bond donors (Lipinski definition) is 0. The smallest absolute Gasteiger partial charge is 0.550 e. The van der Waals surface area contributed by atoms with Gasteiger partial charge in [0.15, 0.2) is 0 Å². The van der Waals surface area contributed by atoms with Crippen molar-refractivity contribution in [1.29, 1.82) is 5.26 Å². The van der Waals surface area contributed by atoms with E-state index in [2.05, 4.69) is 0 Å². The summed E-state index contributed by atoms with van der Waals surface area (Å²) in [5, 5.41) is 15.1. The second kappa shape index (κ2) is 33.1. The Morgan fingerprint density at radius 2 is 1.56 bits per heavy atom. The minimum Gasteiger partial charge on any atom is -0.550 e. The van der Waals surface area contributed by atoms with E-state index in [0.29, 0.717) is 0 Å². The normalized spacial score (nSPS) is 3.00. The largest absolute Gasteiger partial charge is 1.00 e. The standard InChI is InChI=1S/C2H4O2.CN.Fe.K.Zn/c1-2(3)4;1-2;;;/h1H3,(H,3,4);;;;/q;-1;;+1;/p-1. The van der Waals surface area contributed by atoms with Gasteiger partial charge in [-0.3, -0.25) is 0 Å². The Hall–Kier alpha value is 1.74. The second-order valence-corrected chi connectivity index (χ2v) is 0.492. The Balaban J connectivity index is -0.00000000990. The van der Waals surface area contributed by atoms with Crippen molar-refractivity contribution in [1.82, 2.24) is 0 Å². The fraction of sp³-hybridized carbons (Fsp3) is 0.333. The summed E-state index contributed by atoms with van der Waals surface area (Å²) in [6, 6.07) is 0. The molecule has 0 aliphatic heterocycles. The van der Waals surface area contributed by atoms with Crippen LogP contribution in [0.25, 0.3) is 0 Å². The number of hydrogen-bond acceptors (Lipinski definition) is 3. The maximum absolute atomic E-state index is 8.89. The fourth-order valence-electron chi connectivity index (χ4n) is 0. The van der Waals surface area contributed by atoms with Crippen molar-refractivity contribution in [2.24, 2.45) is 0 Å². The van der Waals surface area contributed by atoms with Crippen LogP contribution in [0.1, 0.15) is 6.92 Å². The van der Waals surface area contributed by atoms with Gasteiger partial charge in [0, 0.05) is 42.5 Å². The summed E-state index contributed by atoms with van der Waals surface area (Å²) in [5.74, 6) is -1.08. The molecule has 0 aromatic heterocycles. The zero-order chi connectivity index (χ0) is 5.58. The minimum absolute atomic E-state index is 0. The van der Waals surface area contributed by atoms with Crippen LogP contribution in [0.15, 0.2) is 0 Å². The number of carbonyl (C=O) groups excluding carboxylic acids is 1. The van der Waals surface area contributed by atoms with Gasteiger partial charge in [-0.15, -0.1) is 0 Å². The fourth-order valence-corrected chi connectivity index (χ4v) is 0. The van der Waals surface area contributed by atoms with Crippen LogP contribution >= 0.6 is 0 Å². The summed E-state index contributed by atoms with van der Waals surface area (Å²) in [6.07, 6.45) is 0. The molecule has 0 fully saturated rings. The van der Waals surface area contributed by atoms with Crippen LogP contribution in [0.5, 0.6) is 0 Å². The van der Waals surface area contributed by atoms with Crippen molar-refractivity contribution >= 4 is 5.97 Å². The molecule has 0 amide bonds. The molecule has 0 saturated carbocycles. The van der Waals surface area contributed by atoms with Gasteiger partial charge in [0.1, 0.15) is 0 Å². The maximum Gasteiger partial charge on any atom is 1.00 e. The van der Waals surface area contributed by atoms with E-state index in [4.69, 9.17) is 21.7 Å². The van der Waals surface area contributed by atoms with E-state index in [1.807, 2.05) is 0 Å². The SMILES string of the molecule is CC(=O)[O-].[C-]#N.[Fe].[K+].[Zn]. The summed E-state index contributed by atoms with van der Waals surface area (Å²) >= 11 is 0. The first-order valence-corrected chi connectivity index (χ1v) is 1.13. The number of aliphatic carboxylic acids is 1. The van der Waals surface area contributed by atoms with Crippen LogP contribution in [-0.2, 0) is 41.3 Å². The molecular formula is C3H3FeKNO2Zn-. The number of carboxylic acids is 1. The molecule has 0 heterocycles. The Morgan fingerprint density at radius 3 is 1.56 bits per heavy atom. The van der Waals surface area contributed by atoms with Gasteiger partial charge in [0.25, 0.3) is 0 Å². The molecule has 0 aromatic rings. The average Bonchev–Trinajstić information content (AvgIpc) is 1.41. The first-order valence-electron chi connectivity index (χ1n) is 1.13. The van der Waals surface area contributed by atoms with Crippen molar-refractivity contribution in [3.8, 4) is 0 Å². The van der Waals surface area contributed by atoms with Crippen LogP contribution in [0, 0.1) is 11.8 Å². The summed E-state index contributed by atoms with van der Waals surface area (Å²) in [7, 11) is 0. The molecule has 0 rings (SSSR count). The molecule has 0 saturated heterocycles. The molecule has 0 spiro atoms. The summed E-state index contributed by atoms with van der Waals surface area (Å²) in [5.41, 5.74) is 0.